The molecule has 0 aliphatic carbocycles. The summed E-state index contributed by atoms with van der Waals surface area (Å²) in [5, 5.41) is 5.88. The van der Waals surface area contributed by atoms with Crippen LogP contribution < -0.4 is 5.14 Å². The molecule has 0 aliphatic heterocycles. The zero-order valence-corrected chi connectivity index (χ0v) is 8.03. The van der Waals surface area contributed by atoms with Crippen molar-refractivity contribution in [2.75, 3.05) is 0 Å². The standard InChI is InChI=1S/C9H8N2O2S/c10-14(12,13)8-4-3-7-2-1-5-11-9(7)6-8/h1-6H,(H2,10,12,13). The summed E-state index contributed by atoms with van der Waals surface area (Å²) in [5.74, 6) is 0. The second-order valence-corrected chi connectivity index (χ2v) is 4.46. The molecule has 0 spiro atoms. The van der Waals surface area contributed by atoms with E-state index in [1.54, 1.807) is 18.3 Å². The Balaban J connectivity index is 2.75. The van der Waals surface area contributed by atoms with Gasteiger partial charge >= 0.3 is 0 Å². The summed E-state index contributed by atoms with van der Waals surface area (Å²) in [6.45, 7) is 0. The average molecular weight is 208 g/mol. The van der Waals surface area contributed by atoms with E-state index in [1.807, 2.05) is 6.07 Å². The molecule has 0 unspecified atom stereocenters. The quantitative estimate of drug-likeness (QED) is 0.756. The number of aromatic nitrogens is 1. The molecule has 1 heterocycles. The number of sulfonamides is 1. The van der Waals surface area contributed by atoms with E-state index in [-0.39, 0.29) is 4.90 Å². The smallest absolute Gasteiger partial charge is 0.238 e. The van der Waals surface area contributed by atoms with Gasteiger partial charge in [-0.25, -0.2) is 13.6 Å². The van der Waals surface area contributed by atoms with Crippen molar-refractivity contribution in [2.45, 2.75) is 4.90 Å². The second kappa shape index (κ2) is 3.04. The number of hydrogen-bond donors (Lipinski definition) is 1. The Morgan fingerprint density at radius 1 is 1.21 bits per heavy atom. The molecule has 0 saturated carbocycles. The van der Waals surface area contributed by atoms with Crippen molar-refractivity contribution in [3.8, 4) is 0 Å². The van der Waals surface area contributed by atoms with Crippen molar-refractivity contribution >= 4 is 20.9 Å². The number of primary sulfonamides is 1. The summed E-state index contributed by atoms with van der Waals surface area (Å²) >= 11 is 0. The molecule has 0 atom stereocenters. The molecule has 0 fully saturated rings. The zero-order chi connectivity index (χ0) is 10.2. The maximum Gasteiger partial charge on any atom is 0.238 e. The predicted molar refractivity (Wildman–Crippen MR) is 53.1 cm³/mol. The number of pyridine rings is 1. The Morgan fingerprint density at radius 3 is 2.71 bits per heavy atom. The number of benzene rings is 1. The maximum atomic E-state index is 11.0. The topological polar surface area (TPSA) is 73.1 Å². The first kappa shape index (κ1) is 9.11. The normalized spacial score (nSPS) is 11.8. The van der Waals surface area contributed by atoms with Crippen molar-refractivity contribution in [1.82, 2.24) is 4.98 Å². The molecule has 2 N–H and O–H groups in total. The lowest BCUT2D eigenvalue weighted by atomic mass is 10.2. The van der Waals surface area contributed by atoms with Crippen LogP contribution in [0.5, 0.6) is 0 Å². The molecular weight excluding hydrogens is 200 g/mol. The van der Waals surface area contributed by atoms with Gasteiger partial charge in [0, 0.05) is 11.6 Å². The second-order valence-electron chi connectivity index (χ2n) is 2.90. The van der Waals surface area contributed by atoms with Gasteiger partial charge in [-0.2, -0.15) is 0 Å². The Kier molecular flexibility index (Phi) is 1.98. The highest BCUT2D eigenvalue weighted by atomic mass is 32.2. The van der Waals surface area contributed by atoms with Gasteiger partial charge < -0.3 is 0 Å². The third-order valence-corrected chi connectivity index (χ3v) is 2.82. The minimum Gasteiger partial charge on any atom is -0.256 e. The minimum atomic E-state index is -3.63. The third-order valence-electron chi connectivity index (χ3n) is 1.91. The van der Waals surface area contributed by atoms with Gasteiger partial charge in [0.05, 0.1) is 10.4 Å². The molecule has 1 aromatic carbocycles. The Morgan fingerprint density at radius 2 is 2.00 bits per heavy atom. The Bertz CT molecular complexity index is 578. The summed E-state index contributed by atoms with van der Waals surface area (Å²) in [6.07, 6.45) is 1.61. The van der Waals surface area contributed by atoms with Crippen LogP contribution in [-0.2, 0) is 10.0 Å². The van der Waals surface area contributed by atoms with Crippen molar-refractivity contribution in [3.63, 3.8) is 0 Å². The van der Waals surface area contributed by atoms with Crippen LogP contribution in [0.4, 0.5) is 0 Å². The maximum absolute atomic E-state index is 11.0. The van der Waals surface area contributed by atoms with Crippen LogP contribution in [0.25, 0.3) is 10.9 Å². The largest absolute Gasteiger partial charge is 0.256 e. The van der Waals surface area contributed by atoms with Gasteiger partial charge in [-0.1, -0.05) is 12.1 Å². The highest BCUT2D eigenvalue weighted by Gasteiger charge is 2.07. The third kappa shape index (κ3) is 1.59. The van der Waals surface area contributed by atoms with Gasteiger partial charge in [-0.3, -0.25) is 4.98 Å². The minimum absolute atomic E-state index is 0.0868. The number of fused-ring (bicyclic) bond motifs is 1. The van der Waals surface area contributed by atoms with E-state index in [2.05, 4.69) is 4.98 Å². The van der Waals surface area contributed by atoms with Gasteiger partial charge in [0.2, 0.25) is 10.0 Å². The van der Waals surface area contributed by atoms with Gasteiger partial charge in [0.1, 0.15) is 0 Å². The monoisotopic (exact) mass is 208 g/mol. The van der Waals surface area contributed by atoms with Crippen LogP contribution in [0.15, 0.2) is 41.4 Å². The van der Waals surface area contributed by atoms with Gasteiger partial charge in [-0.05, 0) is 18.2 Å². The lowest BCUT2D eigenvalue weighted by molar-refractivity contribution is 0.598. The number of nitrogens with zero attached hydrogens (tertiary/aromatic N) is 1. The van der Waals surface area contributed by atoms with Gasteiger partial charge in [0.15, 0.2) is 0 Å². The molecule has 14 heavy (non-hydrogen) atoms. The average Bonchev–Trinajstić information content (AvgIpc) is 2.16. The molecule has 0 aliphatic rings. The van der Waals surface area contributed by atoms with Crippen LogP contribution >= 0.6 is 0 Å². The van der Waals surface area contributed by atoms with Crippen molar-refractivity contribution in [1.29, 1.82) is 0 Å². The van der Waals surface area contributed by atoms with Crippen LogP contribution in [0.2, 0.25) is 0 Å². The van der Waals surface area contributed by atoms with E-state index in [9.17, 15) is 8.42 Å². The van der Waals surface area contributed by atoms with Crippen molar-refractivity contribution in [2.24, 2.45) is 5.14 Å². The first-order chi connectivity index (χ1) is 6.57. The molecular formula is C9H8N2O2S. The number of rotatable bonds is 1. The fraction of sp³-hybridized carbons (Fsp3) is 0. The molecule has 0 radical (unpaired) electrons. The molecule has 72 valence electrons. The van der Waals surface area contributed by atoms with E-state index in [4.69, 9.17) is 5.14 Å². The SMILES string of the molecule is NS(=O)(=O)c1ccc2cccnc2c1. The molecule has 0 saturated heterocycles. The molecule has 4 nitrogen and oxygen atoms in total. The summed E-state index contributed by atoms with van der Waals surface area (Å²) in [4.78, 5) is 4.12. The summed E-state index contributed by atoms with van der Waals surface area (Å²) in [6, 6.07) is 8.26. The fourth-order valence-corrected chi connectivity index (χ4v) is 1.76. The summed E-state index contributed by atoms with van der Waals surface area (Å²) < 4.78 is 22.1. The Hall–Kier alpha value is -1.46. The van der Waals surface area contributed by atoms with Crippen molar-refractivity contribution in [3.05, 3.63) is 36.5 Å². The molecule has 2 rings (SSSR count). The first-order valence-electron chi connectivity index (χ1n) is 3.95. The van der Waals surface area contributed by atoms with Gasteiger partial charge in [-0.15, -0.1) is 0 Å². The molecule has 0 bridgehead atoms. The van der Waals surface area contributed by atoms with Crippen LogP contribution in [0, 0.1) is 0 Å². The van der Waals surface area contributed by atoms with Crippen LogP contribution in [0.3, 0.4) is 0 Å². The van der Waals surface area contributed by atoms with E-state index >= 15 is 0 Å². The molecule has 2 aromatic rings. The highest BCUT2D eigenvalue weighted by Crippen LogP contribution is 2.15. The zero-order valence-electron chi connectivity index (χ0n) is 7.21. The predicted octanol–water partition coefficient (Wildman–Crippen LogP) is 0.882. The molecule has 5 heteroatoms. The van der Waals surface area contributed by atoms with Gasteiger partial charge in [0.25, 0.3) is 0 Å². The Labute approximate surface area is 81.4 Å². The van der Waals surface area contributed by atoms with E-state index in [0.29, 0.717) is 5.52 Å². The van der Waals surface area contributed by atoms with E-state index in [1.165, 1.54) is 12.1 Å². The summed E-state index contributed by atoms with van der Waals surface area (Å²) in [5.41, 5.74) is 0.624. The van der Waals surface area contributed by atoms with Crippen molar-refractivity contribution < 1.29 is 8.42 Å². The summed E-state index contributed by atoms with van der Waals surface area (Å²) in [7, 11) is -3.63. The van der Waals surface area contributed by atoms with Crippen LogP contribution in [0.1, 0.15) is 0 Å². The van der Waals surface area contributed by atoms with Crippen LogP contribution in [-0.4, -0.2) is 13.4 Å². The number of nitrogens with two attached hydrogens (primary N) is 1. The van der Waals surface area contributed by atoms with E-state index in [0.717, 1.165) is 5.39 Å². The number of hydrogen-bond acceptors (Lipinski definition) is 3. The van der Waals surface area contributed by atoms with E-state index < -0.39 is 10.0 Å². The fourth-order valence-electron chi connectivity index (χ4n) is 1.22. The highest BCUT2D eigenvalue weighted by molar-refractivity contribution is 7.89. The lowest BCUT2D eigenvalue weighted by Gasteiger charge is -1.99. The molecule has 1 aromatic heterocycles. The first-order valence-corrected chi connectivity index (χ1v) is 5.49. The molecule has 0 amide bonds. The lowest BCUT2D eigenvalue weighted by Crippen LogP contribution is -2.11.